The van der Waals surface area contributed by atoms with Gasteiger partial charge in [-0.3, -0.25) is 4.79 Å². The summed E-state index contributed by atoms with van der Waals surface area (Å²) in [6.07, 6.45) is 1.76. The molecule has 4 heteroatoms. The van der Waals surface area contributed by atoms with Gasteiger partial charge in [-0.2, -0.15) is 0 Å². The zero-order chi connectivity index (χ0) is 12.2. The van der Waals surface area contributed by atoms with Crippen molar-refractivity contribution >= 4 is 29.2 Å². The van der Waals surface area contributed by atoms with E-state index in [1.165, 1.54) is 6.08 Å². The van der Waals surface area contributed by atoms with Crippen LogP contribution in [0.1, 0.15) is 18.9 Å². The number of hydrogen-bond acceptors (Lipinski definition) is 1. The van der Waals surface area contributed by atoms with Crippen molar-refractivity contribution in [1.29, 1.82) is 0 Å². The summed E-state index contributed by atoms with van der Waals surface area (Å²) in [6.45, 7) is 1.65. The van der Waals surface area contributed by atoms with Crippen LogP contribution in [0.15, 0.2) is 40.9 Å². The minimum absolute atomic E-state index is 0.0865. The summed E-state index contributed by atoms with van der Waals surface area (Å²) in [5.41, 5.74) is -0.274. The molecule has 2 nitrogen and oxygen atoms in total. The van der Waals surface area contributed by atoms with Crippen molar-refractivity contribution in [3.63, 3.8) is 0 Å². The molecule has 86 valence electrons. The molecule has 0 bridgehead atoms. The maximum Gasteiger partial charge on any atom is 0.314 e. The first-order valence-electron chi connectivity index (χ1n) is 4.77. The van der Waals surface area contributed by atoms with Crippen molar-refractivity contribution < 1.29 is 9.90 Å². The summed E-state index contributed by atoms with van der Waals surface area (Å²) in [5, 5.41) is 9.28. The molecular weight excluding hydrogens is 247 g/mol. The summed E-state index contributed by atoms with van der Waals surface area (Å²) in [4.78, 5) is 11.3. The minimum atomic E-state index is -1.00. The Morgan fingerprint density at radius 2 is 1.94 bits per heavy atom. The van der Waals surface area contributed by atoms with Crippen molar-refractivity contribution in [2.24, 2.45) is 0 Å². The van der Waals surface area contributed by atoms with Crippen molar-refractivity contribution in [3.05, 3.63) is 46.5 Å². The number of halogens is 2. The van der Waals surface area contributed by atoms with E-state index in [0.29, 0.717) is 0 Å². The normalized spacial score (nSPS) is 13.9. The van der Waals surface area contributed by atoms with Crippen LogP contribution in [0.25, 0.3) is 0 Å². The molecule has 1 unspecified atom stereocenters. The van der Waals surface area contributed by atoms with Gasteiger partial charge in [0.25, 0.3) is 0 Å². The molecule has 0 fully saturated rings. The molecule has 1 aromatic carbocycles. The molecule has 1 aromatic rings. The van der Waals surface area contributed by atoms with E-state index < -0.39 is 11.4 Å². The van der Waals surface area contributed by atoms with Gasteiger partial charge in [0, 0.05) is 0 Å². The monoisotopic (exact) mass is 258 g/mol. The number of carboxylic acids is 1. The van der Waals surface area contributed by atoms with Crippen LogP contribution in [-0.4, -0.2) is 11.1 Å². The van der Waals surface area contributed by atoms with Crippen LogP contribution in [0, 0.1) is 0 Å². The molecule has 1 N–H and O–H groups in total. The zero-order valence-electron chi connectivity index (χ0n) is 8.78. The molecule has 0 radical (unpaired) electrons. The first-order valence-corrected chi connectivity index (χ1v) is 5.52. The molecule has 0 aliphatic carbocycles. The summed E-state index contributed by atoms with van der Waals surface area (Å²) in [5.74, 6) is -0.899. The number of hydrogen-bond donors (Lipinski definition) is 1. The Bertz CT molecular complexity index is 397. The van der Waals surface area contributed by atoms with Crippen LogP contribution in [0.5, 0.6) is 0 Å². The maximum absolute atomic E-state index is 11.3. The number of rotatable bonds is 4. The average Bonchev–Trinajstić information content (AvgIpc) is 2.26. The molecule has 0 saturated heterocycles. The van der Waals surface area contributed by atoms with Gasteiger partial charge in [-0.1, -0.05) is 59.6 Å². The topological polar surface area (TPSA) is 37.3 Å². The number of carboxylic acid groups (broad SMARTS) is 1. The quantitative estimate of drug-likeness (QED) is 0.894. The highest BCUT2D eigenvalue weighted by Gasteiger charge is 2.33. The first-order chi connectivity index (χ1) is 7.47. The second kappa shape index (κ2) is 5.37. The lowest BCUT2D eigenvalue weighted by Crippen LogP contribution is -2.31. The number of benzene rings is 1. The van der Waals surface area contributed by atoms with E-state index in [1.807, 2.05) is 18.2 Å². The molecule has 0 amide bonds. The Labute approximate surface area is 104 Å². The molecule has 0 aliphatic rings. The average molecular weight is 259 g/mol. The first kappa shape index (κ1) is 13.1. The molecule has 0 heterocycles. The van der Waals surface area contributed by atoms with Crippen LogP contribution < -0.4 is 0 Å². The lowest BCUT2D eigenvalue weighted by atomic mass is 9.80. The van der Waals surface area contributed by atoms with E-state index >= 15 is 0 Å². The Kier molecular flexibility index (Phi) is 4.39. The zero-order valence-corrected chi connectivity index (χ0v) is 10.3. The lowest BCUT2D eigenvalue weighted by molar-refractivity contribution is -0.143. The Balaban J connectivity index is 3.07. The highest BCUT2D eigenvalue weighted by molar-refractivity contribution is 6.55. The lowest BCUT2D eigenvalue weighted by Gasteiger charge is -2.23. The predicted octanol–water partition coefficient (Wildman–Crippen LogP) is 3.74. The predicted molar refractivity (Wildman–Crippen MR) is 65.8 cm³/mol. The fourth-order valence-electron chi connectivity index (χ4n) is 1.42. The van der Waals surface area contributed by atoms with Crippen molar-refractivity contribution in [3.8, 4) is 0 Å². The second-order valence-electron chi connectivity index (χ2n) is 3.70. The molecule has 1 rings (SSSR count). The van der Waals surface area contributed by atoms with E-state index in [9.17, 15) is 9.90 Å². The molecule has 1 atom stereocenters. The highest BCUT2D eigenvalue weighted by atomic mass is 35.5. The second-order valence-corrected chi connectivity index (χ2v) is 4.71. The smallest absolute Gasteiger partial charge is 0.314 e. The van der Waals surface area contributed by atoms with E-state index in [2.05, 4.69) is 0 Å². The fraction of sp³-hybridized carbons (Fsp3) is 0.250. The highest BCUT2D eigenvalue weighted by Crippen LogP contribution is 2.29. The van der Waals surface area contributed by atoms with E-state index in [4.69, 9.17) is 23.2 Å². The largest absolute Gasteiger partial charge is 0.481 e. The van der Waals surface area contributed by atoms with Crippen molar-refractivity contribution in [2.75, 3.05) is 0 Å². The van der Waals surface area contributed by atoms with Gasteiger partial charge in [0.05, 0.1) is 5.41 Å². The van der Waals surface area contributed by atoms with Crippen LogP contribution in [0.4, 0.5) is 0 Å². The van der Waals surface area contributed by atoms with Crippen LogP contribution in [-0.2, 0) is 10.2 Å². The van der Waals surface area contributed by atoms with Crippen LogP contribution in [0.2, 0.25) is 0 Å². The summed E-state index contributed by atoms with van der Waals surface area (Å²) in [6, 6.07) is 9.02. The molecule has 0 aromatic heterocycles. The summed E-state index contributed by atoms with van der Waals surface area (Å²) in [7, 11) is 0. The van der Waals surface area contributed by atoms with Crippen LogP contribution >= 0.6 is 23.2 Å². The standard InChI is InChI=1S/C12H12Cl2O2/c1-12(11(15)16,8-7-10(13)14)9-5-3-2-4-6-9/h2-7H,8H2,1H3,(H,15,16). The summed E-state index contributed by atoms with van der Waals surface area (Å²) >= 11 is 11.0. The van der Waals surface area contributed by atoms with Gasteiger partial charge in [0.2, 0.25) is 0 Å². The van der Waals surface area contributed by atoms with Crippen molar-refractivity contribution in [1.82, 2.24) is 0 Å². The number of aliphatic carboxylic acids is 1. The van der Waals surface area contributed by atoms with Crippen LogP contribution in [0.3, 0.4) is 0 Å². The molecule has 0 saturated carbocycles. The van der Waals surface area contributed by atoms with Gasteiger partial charge in [-0.15, -0.1) is 0 Å². The Hall–Kier alpha value is -0.990. The van der Waals surface area contributed by atoms with Gasteiger partial charge < -0.3 is 5.11 Å². The third-order valence-electron chi connectivity index (χ3n) is 2.55. The molecule has 16 heavy (non-hydrogen) atoms. The summed E-state index contributed by atoms with van der Waals surface area (Å²) < 4.78 is 0.0865. The molecule has 0 aliphatic heterocycles. The fourth-order valence-corrected chi connectivity index (χ4v) is 1.57. The van der Waals surface area contributed by atoms with E-state index in [-0.39, 0.29) is 10.9 Å². The molecule has 0 spiro atoms. The number of carbonyl (C=O) groups is 1. The van der Waals surface area contributed by atoms with Gasteiger partial charge >= 0.3 is 5.97 Å². The Morgan fingerprint density at radius 3 is 2.38 bits per heavy atom. The maximum atomic E-state index is 11.3. The van der Waals surface area contributed by atoms with Gasteiger partial charge in [-0.05, 0) is 18.9 Å². The minimum Gasteiger partial charge on any atom is -0.481 e. The van der Waals surface area contributed by atoms with Gasteiger partial charge in [-0.25, -0.2) is 0 Å². The Morgan fingerprint density at radius 1 is 1.38 bits per heavy atom. The third kappa shape index (κ3) is 3.00. The van der Waals surface area contributed by atoms with Gasteiger partial charge in [0.15, 0.2) is 0 Å². The van der Waals surface area contributed by atoms with Crippen molar-refractivity contribution in [2.45, 2.75) is 18.8 Å². The van der Waals surface area contributed by atoms with E-state index in [1.54, 1.807) is 19.1 Å². The van der Waals surface area contributed by atoms with E-state index in [0.717, 1.165) is 5.56 Å². The molecular formula is C12H12Cl2O2. The third-order valence-corrected chi connectivity index (χ3v) is 2.86. The van der Waals surface area contributed by atoms with Gasteiger partial charge in [0.1, 0.15) is 4.49 Å². The number of allylic oxidation sites excluding steroid dienone is 1. The SMILES string of the molecule is CC(CC=C(Cl)Cl)(C(=O)O)c1ccccc1.